The predicted molar refractivity (Wildman–Crippen MR) is 143 cm³/mol. The average Bonchev–Trinajstić information content (AvgIpc) is 3.15. The van der Waals surface area contributed by atoms with E-state index in [1.54, 1.807) is 12.1 Å². The minimum atomic E-state index is -0.830. The van der Waals surface area contributed by atoms with E-state index < -0.39 is 23.5 Å². The Kier molecular flexibility index (Phi) is 7.88. The molecule has 0 bridgehead atoms. The van der Waals surface area contributed by atoms with E-state index in [0.717, 1.165) is 45.3 Å². The number of anilines is 1. The van der Waals surface area contributed by atoms with E-state index in [4.69, 9.17) is 10.5 Å². The van der Waals surface area contributed by atoms with Gasteiger partial charge in [-0.15, -0.1) is 0 Å². The molecule has 1 saturated carbocycles. The maximum atomic E-state index is 15.9. The molecular weight excluding hydrogens is 491 g/mol. The molecule has 3 N–H and O–H groups in total. The minimum Gasteiger partial charge on any atom is -0.377 e. The number of rotatable bonds is 7. The van der Waals surface area contributed by atoms with Crippen LogP contribution in [0.4, 0.5) is 10.1 Å². The van der Waals surface area contributed by atoms with Crippen molar-refractivity contribution >= 4 is 28.5 Å². The number of benzene rings is 1. The van der Waals surface area contributed by atoms with Crippen LogP contribution >= 0.6 is 0 Å². The van der Waals surface area contributed by atoms with Gasteiger partial charge >= 0.3 is 5.69 Å². The third-order valence-corrected chi connectivity index (χ3v) is 8.30. The summed E-state index contributed by atoms with van der Waals surface area (Å²) in [5, 5.41) is 2.29. The summed E-state index contributed by atoms with van der Waals surface area (Å²) in [6.45, 7) is 6.76. The highest BCUT2D eigenvalue weighted by Gasteiger charge is 2.33. The van der Waals surface area contributed by atoms with Gasteiger partial charge in [0.15, 0.2) is 5.82 Å². The van der Waals surface area contributed by atoms with Crippen LogP contribution < -0.4 is 21.6 Å². The molecule has 2 atom stereocenters. The highest BCUT2D eigenvalue weighted by Crippen LogP contribution is 2.31. The van der Waals surface area contributed by atoms with Crippen molar-refractivity contribution in [1.82, 2.24) is 19.4 Å². The number of aryl methyl sites for hydroxylation is 1. The summed E-state index contributed by atoms with van der Waals surface area (Å²) in [6.07, 6.45) is 5.18. The Morgan fingerprint density at radius 1 is 1.08 bits per heavy atom. The van der Waals surface area contributed by atoms with Crippen molar-refractivity contribution in [3.8, 4) is 0 Å². The molecule has 1 aromatic heterocycles. The van der Waals surface area contributed by atoms with Crippen molar-refractivity contribution in [3.05, 3.63) is 28.4 Å². The van der Waals surface area contributed by atoms with Crippen LogP contribution in [0, 0.1) is 11.7 Å². The molecule has 2 amide bonds. The molecule has 1 aromatic carbocycles. The fourth-order valence-electron chi connectivity index (χ4n) is 6.20. The molecule has 2 aliphatic heterocycles. The Morgan fingerprint density at radius 2 is 1.79 bits per heavy atom. The quantitative estimate of drug-likeness (QED) is 0.522. The average molecular weight is 531 g/mol. The second kappa shape index (κ2) is 11.2. The number of hydrogen-bond acceptors (Lipinski definition) is 7. The van der Waals surface area contributed by atoms with Crippen LogP contribution in [0.5, 0.6) is 0 Å². The fraction of sp³-hybridized carbons (Fsp3) is 0.667. The van der Waals surface area contributed by atoms with Crippen LogP contribution in [0.3, 0.4) is 0 Å². The molecule has 2 saturated heterocycles. The molecular formula is C27H39FN6O4. The van der Waals surface area contributed by atoms with E-state index in [0.29, 0.717) is 42.9 Å². The van der Waals surface area contributed by atoms with Crippen LogP contribution in [0.1, 0.15) is 51.5 Å². The lowest BCUT2D eigenvalue weighted by atomic mass is 9.87. The number of imide groups is 1. The van der Waals surface area contributed by atoms with Crippen molar-refractivity contribution in [2.45, 2.75) is 63.6 Å². The molecule has 3 heterocycles. The molecule has 2 unspecified atom stereocenters. The van der Waals surface area contributed by atoms with Crippen molar-refractivity contribution in [2.75, 3.05) is 44.2 Å². The lowest BCUT2D eigenvalue weighted by molar-refractivity contribution is -0.135. The van der Waals surface area contributed by atoms with E-state index in [1.807, 2.05) is 11.8 Å². The van der Waals surface area contributed by atoms with E-state index in [2.05, 4.69) is 10.2 Å². The molecule has 0 spiro atoms. The Morgan fingerprint density at radius 3 is 2.45 bits per heavy atom. The molecule has 5 rings (SSSR count). The number of fused-ring (bicyclic) bond motifs is 1. The van der Waals surface area contributed by atoms with E-state index in [9.17, 15) is 14.4 Å². The van der Waals surface area contributed by atoms with Gasteiger partial charge in [0, 0.05) is 52.2 Å². The summed E-state index contributed by atoms with van der Waals surface area (Å²) >= 11 is 0. The summed E-state index contributed by atoms with van der Waals surface area (Å²) in [7, 11) is 1.52. The lowest BCUT2D eigenvalue weighted by Gasteiger charge is -2.39. The minimum absolute atomic E-state index is 0.0738. The number of ether oxygens (including phenoxy) is 1. The summed E-state index contributed by atoms with van der Waals surface area (Å²) in [5.74, 6) is -0.674. The molecule has 2 aromatic rings. The van der Waals surface area contributed by atoms with E-state index in [-0.39, 0.29) is 30.3 Å². The molecule has 3 aliphatic rings. The van der Waals surface area contributed by atoms with Crippen LogP contribution in [-0.2, 0) is 21.4 Å². The van der Waals surface area contributed by atoms with Crippen LogP contribution in [0.2, 0.25) is 0 Å². The number of imidazole rings is 1. The van der Waals surface area contributed by atoms with Gasteiger partial charge in [-0.1, -0.05) is 0 Å². The second-order valence-electron chi connectivity index (χ2n) is 11.2. The van der Waals surface area contributed by atoms with Crippen LogP contribution in [0.15, 0.2) is 16.9 Å². The van der Waals surface area contributed by atoms with Crippen LogP contribution in [0.25, 0.3) is 11.0 Å². The maximum Gasteiger partial charge on any atom is 0.329 e. The molecule has 10 nitrogen and oxygen atoms in total. The molecule has 208 valence electrons. The number of nitrogens with two attached hydrogens (primary N) is 1. The number of carbonyl (C=O) groups excluding carboxylic acids is 2. The first kappa shape index (κ1) is 26.8. The Hall–Kier alpha value is -2.76. The van der Waals surface area contributed by atoms with Crippen LogP contribution in [-0.4, -0.2) is 77.3 Å². The highest BCUT2D eigenvalue weighted by molar-refractivity contribution is 6.00. The van der Waals surface area contributed by atoms with Gasteiger partial charge in [0.2, 0.25) is 11.8 Å². The summed E-state index contributed by atoms with van der Waals surface area (Å²) in [4.78, 5) is 41.5. The number of nitrogens with one attached hydrogen (secondary N) is 1. The second-order valence-corrected chi connectivity index (χ2v) is 11.2. The monoisotopic (exact) mass is 530 g/mol. The Bertz CT molecular complexity index is 1240. The number of piperidine rings is 1. The third-order valence-electron chi connectivity index (χ3n) is 8.30. The van der Waals surface area contributed by atoms with Gasteiger partial charge in [-0.25, -0.2) is 9.18 Å². The van der Waals surface area contributed by atoms with Crippen molar-refractivity contribution in [1.29, 1.82) is 0 Å². The van der Waals surface area contributed by atoms with Gasteiger partial charge in [0.1, 0.15) is 11.6 Å². The normalized spacial score (nSPS) is 26.1. The standard InChI is InChI=1S/C27H39FN6O4/c1-17(29)16-38-19-5-3-18(4-6-19)15-32-11-13-33(14-12-32)20-7-8-21-25(24(20)28)31(2)27(37)34(21)22-9-10-23(35)30-26(22)36/h7-8,17-19,22H,3-6,9-16,29H2,1-2H3,(H,30,35,36). The number of piperazine rings is 1. The number of halogens is 1. The fourth-order valence-corrected chi connectivity index (χ4v) is 6.20. The van der Waals surface area contributed by atoms with Gasteiger partial charge in [-0.3, -0.25) is 28.9 Å². The lowest BCUT2D eigenvalue weighted by Crippen LogP contribution is -2.48. The Labute approximate surface area is 221 Å². The van der Waals surface area contributed by atoms with Crippen molar-refractivity contribution < 1.29 is 18.7 Å². The Balaban J connectivity index is 1.23. The highest BCUT2D eigenvalue weighted by atomic mass is 19.1. The maximum absolute atomic E-state index is 15.9. The smallest absolute Gasteiger partial charge is 0.329 e. The number of amides is 2. The van der Waals surface area contributed by atoms with Crippen molar-refractivity contribution in [2.24, 2.45) is 18.7 Å². The summed E-state index contributed by atoms with van der Waals surface area (Å²) in [6, 6.07) is 2.67. The van der Waals surface area contributed by atoms with Gasteiger partial charge in [-0.05, 0) is 57.1 Å². The van der Waals surface area contributed by atoms with Gasteiger partial charge in [0.05, 0.1) is 23.9 Å². The molecule has 1 aliphatic carbocycles. The third kappa shape index (κ3) is 5.37. The molecule has 38 heavy (non-hydrogen) atoms. The first-order valence-corrected chi connectivity index (χ1v) is 13.8. The topological polar surface area (TPSA) is 115 Å². The van der Waals surface area contributed by atoms with E-state index >= 15 is 4.39 Å². The largest absolute Gasteiger partial charge is 0.377 e. The summed E-state index contributed by atoms with van der Waals surface area (Å²) < 4.78 is 24.3. The van der Waals surface area contributed by atoms with E-state index in [1.165, 1.54) is 16.2 Å². The molecule has 11 heteroatoms. The zero-order chi connectivity index (χ0) is 27.0. The first-order chi connectivity index (χ1) is 18.2. The van der Waals surface area contributed by atoms with Gasteiger partial charge in [0.25, 0.3) is 0 Å². The predicted octanol–water partition coefficient (Wildman–Crippen LogP) is 1.50. The number of nitrogens with zero attached hydrogens (tertiary/aromatic N) is 4. The van der Waals surface area contributed by atoms with Gasteiger partial charge in [-0.2, -0.15) is 0 Å². The first-order valence-electron chi connectivity index (χ1n) is 13.8. The summed E-state index contributed by atoms with van der Waals surface area (Å²) in [5.41, 5.74) is 6.36. The molecule has 3 fully saturated rings. The zero-order valence-electron chi connectivity index (χ0n) is 22.3. The van der Waals surface area contributed by atoms with Crippen molar-refractivity contribution in [3.63, 3.8) is 0 Å². The zero-order valence-corrected chi connectivity index (χ0v) is 22.3. The number of aromatic nitrogens is 2. The number of carbonyl (C=O) groups is 2. The van der Waals surface area contributed by atoms with Gasteiger partial charge < -0.3 is 15.4 Å². The molecule has 0 radical (unpaired) electrons. The SMILES string of the molecule is CC(N)COC1CCC(CN2CCN(c3ccc4c(c3F)n(C)c(=O)n4C3CCC(=O)NC3=O)CC2)CC1. The number of hydrogen-bond donors (Lipinski definition) is 2.